The van der Waals surface area contributed by atoms with Crippen LogP contribution < -0.4 is 19.3 Å². The molecule has 0 unspecified atom stereocenters. The lowest BCUT2D eigenvalue weighted by Crippen LogP contribution is -2.56. The number of hydrogen-bond acceptors (Lipinski definition) is 10. The van der Waals surface area contributed by atoms with Gasteiger partial charge in [0, 0.05) is 24.5 Å². The maximum absolute atomic E-state index is 14.9. The molecule has 4 fully saturated rings. The number of halogens is 1. The molecule has 5 aliphatic heterocycles. The average molecular weight is 664 g/mol. The zero-order chi connectivity index (χ0) is 34.0. The number of aromatic nitrogens is 2. The van der Waals surface area contributed by atoms with Crippen LogP contribution in [0.4, 0.5) is 20.7 Å². The Bertz CT molecular complexity index is 2000. The highest BCUT2D eigenvalue weighted by molar-refractivity contribution is 6.06. The van der Waals surface area contributed by atoms with Crippen LogP contribution >= 0.6 is 0 Å². The summed E-state index contributed by atoms with van der Waals surface area (Å²) in [5.74, 6) is 1.45. The van der Waals surface area contributed by atoms with Crippen molar-refractivity contribution in [1.29, 1.82) is 5.26 Å². The van der Waals surface area contributed by atoms with E-state index in [4.69, 9.17) is 25.9 Å². The number of phenolic OH excluding ortho intramolecular Hbond substituents is 1. The molecule has 3 aromatic rings. The molecule has 0 aliphatic carbocycles. The van der Waals surface area contributed by atoms with Crippen LogP contribution in [0.25, 0.3) is 10.8 Å². The molecule has 49 heavy (non-hydrogen) atoms. The van der Waals surface area contributed by atoms with Crippen molar-refractivity contribution in [3.8, 4) is 35.9 Å². The van der Waals surface area contributed by atoms with E-state index in [-0.39, 0.29) is 70.6 Å². The zero-order valence-corrected chi connectivity index (χ0v) is 26.8. The molecule has 2 bridgehead atoms. The van der Waals surface area contributed by atoms with E-state index >= 15 is 0 Å². The number of anilines is 2. The Morgan fingerprint density at radius 2 is 2.04 bits per heavy atom. The number of carbonyl (C=O) groups is 2. The van der Waals surface area contributed by atoms with Crippen molar-refractivity contribution < 1.29 is 28.6 Å². The summed E-state index contributed by atoms with van der Waals surface area (Å²) < 4.78 is 27.3. The van der Waals surface area contributed by atoms with Gasteiger partial charge in [0.05, 0.1) is 47.4 Å². The van der Waals surface area contributed by atoms with Crippen LogP contribution in [-0.2, 0) is 11.3 Å². The number of nitriles is 1. The van der Waals surface area contributed by atoms with Crippen LogP contribution in [0.5, 0.6) is 17.5 Å². The first-order valence-electron chi connectivity index (χ1n) is 16.5. The summed E-state index contributed by atoms with van der Waals surface area (Å²) in [6.07, 6.45) is 10.9. The topological polar surface area (TPSA) is 135 Å². The first-order valence-corrected chi connectivity index (χ1v) is 16.5. The molecule has 13 heteroatoms. The summed E-state index contributed by atoms with van der Waals surface area (Å²) in [4.78, 5) is 43.6. The van der Waals surface area contributed by atoms with Gasteiger partial charge in [-0.1, -0.05) is 18.6 Å². The molecular weight excluding hydrogens is 629 g/mol. The molecule has 250 valence electrons. The van der Waals surface area contributed by atoms with E-state index in [0.29, 0.717) is 36.5 Å². The number of nitrogens with zero attached hydrogens (tertiary/aromatic N) is 7. The van der Waals surface area contributed by atoms with Crippen LogP contribution in [0.3, 0.4) is 0 Å². The van der Waals surface area contributed by atoms with Gasteiger partial charge in [-0.15, -0.1) is 6.42 Å². The van der Waals surface area contributed by atoms with Crippen molar-refractivity contribution in [2.75, 3.05) is 42.6 Å². The standard InChI is InChI=1S/C36H34FN7O5/c1-3-25-26(37)8-7-21-14-24(45)15-28(31(21)25)43-18-27-32(49-35(43)47)33(40-34(39-27)48-20-36-9-5-11-42(36)12-6-10-36)41-17-23-13-22(16-38)29(19-41)44(23)30(46)4-2/h1,4,7-8,14-15,22-23,29,45H,2,5-6,9-13,17-20H2/t22-,23+,29+/m1/s1. The first-order chi connectivity index (χ1) is 23.7. The third kappa shape index (κ3) is 4.91. The first kappa shape index (κ1) is 30.9. The number of benzene rings is 2. The van der Waals surface area contributed by atoms with Crippen molar-refractivity contribution in [2.45, 2.75) is 56.3 Å². The molecule has 2 aromatic carbocycles. The van der Waals surface area contributed by atoms with Gasteiger partial charge in [-0.05, 0) is 68.8 Å². The Balaban J connectivity index is 1.20. The molecule has 0 spiro atoms. The lowest BCUT2D eigenvalue weighted by molar-refractivity contribution is -0.129. The molecule has 2 amide bonds. The van der Waals surface area contributed by atoms with Gasteiger partial charge < -0.3 is 24.4 Å². The number of terminal acetylenes is 1. The van der Waals surface area contributed by atoms with Crippen molar-refractivity contribution >= 4 is 34.3 Å². The Labute approximate surface area is 282 Å². The van der Waals surface area contributed by atoms with Crippen LogP contribution in [-0.4, -0.2) is 87.3 Å². The number of fused-ring (bicyclic) bond motifs is 5. The summed E-state index contributed by atoms with van der Waals surface area (Å²) >= 11 is 0. The normalized spacial score (nSPS) is 23.9. The number of aromatic hydroxyl groups is 1. The van der Waals surface area contributed by atoms with Crippen molar-refractivity contribution in [3.05, 3.63) is 54.0 Å². The molecule has 1 N–H and O–H groups in total. The quantitative estimate of drug-likeness (QED) is 0.304. The van der Waals surface area contributed by atoms with Crippen LogP contribution in [0.2, 0.25) is 0 Å². The summed E-state index contributed by atoms with van der Waals surface area (Å²) in [7, 11) is 0. The SMILES string of the molecule is C#Cc1c(F)ccc2cc(O)cc(N3Cc4nc(OCC56CCCN5CCC6)nc(N5C[C@@H]6C[C@H](C#N)[C@H](C5)N6C(=O)C=C)c4OC3=O)c12. The number of hydrogen-bond donors (Lipinski definition) is 1. The van der Waals surface area contributed by atoms with E-state index in [9.17, 15) is 24.3 Å². The van der Waals surface area contributed by atoms with Gasteiger partial charge in [0.2, 0.25) is 5.91 Å². The summed E-state index contributed by atoms with van der Waals surface area (Å²) in [6, 6.07) is 7.27. The van der Waals surface area contributed by atoms with E-state index in [1.165, 1.54) is 35.2 Å². The van der Waals surface area contributed by atoms with Gasteiger partial charge in [0.25, 0.3) is 0 Å². The number of rotatable bonds is 6. The van der Waals surface area contributed by atoms with Crippen molar-refractivity contribution in [2.24, 2.45) is 5.92 Å². The number of ether oxygens (including phenoxy) is 2. The van der Waals surface area contributed by atoms with Crippen LogP contribution in [0, 0.1) is 35.4 Å². The molecule has 8 rings (SSSR count). The van der Waals surface area contributed by atoms with Gasteiger partial charge in [-0.2, -0.15) is 15.2 Å². The zero-order valence-electron chi connectivity index (χ0n) is 26.8. The summed E-state index contributed by atoms with van der Waals surface area (Å²) in [5.41, 5.74) is 0.378. The van der Waals surface area contributed by atoms with E-state index in [1.54, 1.807) is 4.90 Å². The Morgan fingerprint density at radius 3 is 2.78 bits per heavy atom. The predicted octanol–water partition coefficient (Wildman–Crippen LogP) is 4.10. The molecule has 3 atom stereocenters. The maximum atomic E-state index is 14.9. The molecule has 5 aliphatic rings. The average Bonchev–Trinajstić information content (AvgIpc) is 3.75. The van der Waals surface area contributed by atoms with Crippen LogP contribution in [0.15, 0.2) is 36.9 Å². The number of phenols is 1. The Hall–Kier alpha value is -5.40. The maximum Gasteiger partial charge on any atom is 0.420 e. The molecule has 0 saturated carbocycles. The van der Waals surface area contributed by atoms with Gasteiger partial charge in [0.15, 0.2) is 11.6 Å². The molecule has 4 saturated heterocycles. The van der Waals surface area contributed by atoms with E-state index in [1.807, 2.05) is 4.90 Å². The second-order valence-electron chi connectivity index (χ2n) is 13.4. The highest BCUT2D eigenvalue weighted by atomic mass is 19.1. The largest absolute Gasteiger partial charge is 0.508 e. The van der Waals surface area contributed by atoms with Gasteiger partial charge >= 0.3 is 12.1 Å². The highest BCUT2D eigenvalue weighted by Gasteiger charge is 2.50. The van der Waals surface area contributed by atoms with Crippen molar-refractivity contribution in [3.63, 3.8) is 0 Å². The van der Waals surface area contributed by atoms with E-state index in [2.05, 4.69) is 23.5 Å². The predicted molar refractivity (Wildman–Crippen MR) is 177 cm³/mol. The smallest absolute Gasteiger partial charge is 0.420 e. The Kier molecular flexibility index (Phi) is 7.34. The molecule has 1 aromatic heterocycles. The third-order valence-corrected chi connectivity index (χ3v) is 10.8. The fraction of sp³-hybridized carbons (Fsp3) is 0.417. The minimum Gasteiger partial charge on any atom is -0.508 e. The van der Waals surface area contributed by atoms with E-state index < -0.39 is 18.0 Å². The fourth-order valence-corrected chi connectivity index (χ4v) is 8.63. The fourth-order valence-electron chi connectivity index (χ4n) is 8.63. The van der Waals surface area contributed by atoms with Crippen LogP contribution in [0.1, 0.15) is 43.4 Å². The summed E-state index contributed by atoms with van der Waals surface area (Å²) in [5, 5.41) is 21.3. The minimum absolute atomic E-state index is 0.0510. The minimum atomic E-state index is -0.796. The second kappa shape index (κ2) is 11.6. The lowest BCUT2D eigenvalue weighted by Gasteiger charge is -2.42. The summed E-state index contributed by atoms with van der Waals surface area (Å²) in [6.45, 7) is 6.61. The van der Waals surface area contributed by atoms with Crippen molar-refractivity contribution in [1.82, 2.24) is 19.8 Å². The number of piperazine rings is 1. The molecule has 6 heterocycles. The highest BCUT2D eigenvalue weighted by Crippen LogP contribution is 2.44. The number of amides is 2. The second-order valence-corrected chi connectivity index (χ2v) is 13.4. The van der Waals surface area contributed by atoms with Gasteiger partial charge in [0.1, 0.15) is 23.9 Å². The van der Waals surface area contributed by atoms with Gasteiger partial charge in [-0.3, -0.25) is 14.6 Å². The van der Waals surface area contributed by atoms with E-state index in [0.717, 1.165) is 38.8 Å². The number of carbonyl (C=O) groups excluding carboxylic acids is 2. The Morgan fingerprint density at radius 1 is 1.24 bits per heavy atom. The third-order valence-electron chi connectivity index (χ3n) is 10.8. The molecule has 0 radical (unpaired) electrons. The molecular formula is C36H34FN7O5. The van der Waals surface area contributed by atoms with Gasteiger partial charge in [-0.25, -0.2) is 9.18 Å². The monoisotopic (exact) mass is 663 g/mol. The molecule has 12 nitrogen and oxygen atoms in total. The lowest BCUT2D eigenvalue weighted by atomic mass is 9.95.